The van der Waals surface area contributed by atoms with Crippen LogP contribution in [-0.4, -0.2) is 37.2 Å². The van der Waals surface area contributed by atoms with Gasteiger partial charge in [0.05, 0.1) is 0 Å². The van der Waals surface area contributed by atoms with Crippen molar-refractivity contribution in [2.24, 2.45) is 0 Å². The fraction of sp³-hybridized carbons (Fsp3) is 0.635. The Hall–Kier alpha value is -4.19. The van der Waals surface area contributed by atoms with Gasteiger partial charge in [0.15, 0.2) is 6.10 Å². The number of ether oxygens (including phenoxy) is 3. The smallest absolute Gasteiger partial charge is 0.306 e. The molecule has 0 aromatic heterocycles. The van der Waals surface area contributed by atoms with Crippen molar-refractivity contribution in [3.8, 4) is 0 Å². The van der Waals surface area contributed by atoms with Gasteiger partial charge in [-0.25, -0.2) is 0 Å². The summed E-state index contributed by atoms with van der Waals surface area (Å²) in [5, 5.41) is 0. The number of carbonyl (C=O) groups excluding carboxylic acids is 3. The molecule has 0 spiro atoms. The molecule has 0 saturated carbocycles. The van der Waals surface area contributed by atoms with E-state index < -0.39 is 6.10 Å². The quantitative estimate of drug-likeness (QED) is 0.0262. The summed E-state index contributed by atoms with van der Waals surface area (Å²) in [5.41, 5.74) is 0. The van der Waals surface area contributed by atoms with Crippen LogP contribution in [0.2, 0.25) is 0 Å². The van der Waals surface area contributed by atoms with E-state index in [0.29, 0.717) is 19.3 Å². The molecular weight excluding hydrogens is 853 g/mol. The third-order valence-corrected chi connectivity index (χ3v) is 11.4. The van der Waals surface area contributed by atoms with E-state index in [0.717, 1.165) is 116 Å². The van der Waals surface area contributed by atoms with E-state index >= 15 is 0 Å². The highest BCUT2D eigenvalue weighted by molar-refractivity contribution is 5.71. The molecule has 0 aromatic carbocycles. The molecule has 0 aliphatic heterocycles. The molecule has 0 aliphatic rings. The predicted octanol–water partition coefficient (Wildman–Crippen LogP) is 18.9. The van der Waals surface area contributed by atoms with Crippen LogP contribution in [0, 0.1) is 0 Å². The Morgan fingerprint density at radius 1 is 0.304 bits per heavy atom. The topological polar surface area (TPSA) is 78.9 Å². The van der Waals surface area contributed by atoms with Crippen LogP contribution in [0.4, 0.5) is 0 Å². The Balaban J connectivity index is 4.49. The number of hydrogen-bond acceptors (Lipinski definition) is 6. The third kappa shape index (κ3) is 54.6. The molecule has 6 nitrogen and oxygen atoms in total. The van der Waals surface area contributed by atoms with E-state index in [9.17, 15) is 14.4 Å². The van der Waals surface area contributed by atoms with Crippen molar-refractivity contribution in [1.82, 2.24) is 0 Å². The maximum atomic E-state index is 12.8. The summed E-state index contributed by atoms with van der Waals surface area (Å²) in [6.45, 7) is 6.32. The fourth-order valence-corrected chi connectivity index (χ4v) is 7.30. The molecule has 0 N–H and O–H groups in total. The lowest BCUT2D eigenvalue weighted by Crippen LogP contribution is -2.30. The van der Waals surface area contributed by atoms with Crippen LogP contribution in [0.5, 0.6) is 0 Å². The lowest BCUT2D eigenvalue weighted by atomic mass is 10.1. The molecule has 1 atom stereocenters. The molecule has 6 heteroatoms. The SMILES string of the molecule is CC/C=C\C/C=C\C/C=C\C/C=C\C/C=C\CCCCCCCC(=O)OCC(COC(=O)CC/C=C\C/C=C\C/C=C\C/C=C\CC)OC(=O)CCCCCCCCC/C=C\CCCCCCCC. The molecule has 390 valence electrons. The van der Waals surface area contributed by atoms with Crippen molar-refractivity contribution < 1.29 is 28.6 Å². The second-order valence-electron chi connectivity index (χ2n) is 18.1. The molecule has 0 fully saturated rings. The largest absolute Gasteiger partial charge is 0.462 e. The first-order chi connectivity index (χ1) is 34.0. The molecule has 1 unspecified atom stereocenters. The first-order valence-electron chi connectivity index (χ1n) is 28.0. The summed E-state index contributed by atoms with van der Waals surface area (Å²) in [6, 6.07) is 0. The molecule has 69 heavy (non-hydrogen) atoms. The minimum Gasteiger partial charge on any atom is -0.462 e. The molecule has 0 bridgehead atoms. The standard InChI is InChI=1S/C63H102O6/c1-4-7-10-13-16-19-22-25-27-29-30-31-32-34-35-38-41-44-47-50-53-56-62(65)68-59-60(58-67-61(64)55-52-49-46-43-40-37-24-21-18-15-12-9-6-3)69-63(66)57-54-51-48-45-42-39-36-33-28-26-23-20-17-14-11-8-5-2/h7,9-10,12,16,18-19,21,25-28,30-31,34-35,37,40,46,49,60H,4-6,8,11,13-15,17,20,22-24,29,32-33,36,38-39,41-45,47-48,50-59H2,1-3H3/b10-7-,12-9-,19-16-,21-18-,27-25-,28-26-,31-30-,35-34-,40-37-,49-46-. The molecule has 0 amide bonds. The summed E-state index contributed by atoms with van der Waals surface area (Å²) in [7, 11) is 0. The van der Waals surface area contributed by atoms with Gasteiger partial charge in [0.1, 0.15) is 13.2 Å². The van der Waals surface area contributed by atoms with Crippen molar-refractivity contribution in [3.05, 3.63) is 122 Å². The highest BCUT2D eigenvalue weighted by Crippen LogP contribution is 2.14. The molecule has 0 aliphatic carbocycles. The Morgan fingerprint density at radius 2 is 0.594 bits per heavy atom. The second-order valence-corrected chi connectivity index (χ2v) is 18.1. The summed E-state index contributed by atoms with van der Waals surface area (Å²) in [4.78, 5) is 38.1. The summed E-state index contributed by atoms with van der Waals surface area (Å²) < 4.78 is 16.8. The highest BCUT2D eigenvalue weighted by atomic mass is 16.6. The number of allylic oxidation sites excluding steroid dienone is 20. The van der Waals surface area contributed by atoms with E-state index in [2.05, 4.69) is 130 Å². The summed E-state index contributed by atoms with van der Waals surface area (Å²) in [5.74, 6) is -1.02. The van der Waals surface area contributed by atoms with Crippen molar-refractivity contribution >= 4 is 17.9 Å². The number of unbranched alkanes of at least 4 members (excludes halogenated alkanes) is 18. The monoisotopic (exact) mass is 955 g/mol. The number of hydrogen-bond donors (Lipinski definition) is 0. The van der Waals surface area contributed by atoms with E-state index in [1.165, 1.54) is 77.0 Å². The minimum atomic E-state index is -0.821. The Bertz CT molecular complexity index is 1470. The van der Waals surface area contributed by atoms with Crippen LogP contribution in [-0.2, 0) is 28.6 Å². The van der Waals surface area contributed by atoms with Crippen LogP contribution in [0.15, 0.2) is 122 Å². The van der Waals surface area contributed by atoms with Gasteiger partial charge in [0, 0.05) is 19.3 Å². The Kier molecular flexibility index (Phi) is 53.0. The fourth-order valence-electron chi connectivity index (χ4n) is 7.30. The molecule has 0 rings (SSSR count). The molecule has 0 radical (unpaired) electrons. The zero-order chi connectivity index (χ0) is 50.0. The van der Waals surface area contributed by atoms with E-state index in [-0.39, 0.29) is 37.5 Å². The van der Waals surface area contributed by atoms with Crippen molar-refractivity contribution in [1.29, 1.82) is 0 Å². The maximum absolute atomic E-state index is 12.8. The third-order valence-electron chi connectivity index (χ3n) is 11.4. The van der Waals surface area contributed by atoms with Gasteiger partial charge in [-0.15, -0.1) is 0 Å². The average molecular weight is 956 g/mol. The van der Waals surface area contributed by atoms with Gasteiger partial charge in [0.25, 0.3) is 0 Å². The predicted molar refractivity (Wildman–Crippen MR) is 297 cm³/mol. The van der Waals surface area contributed by atoms with Gasteiger partial charge in [-0.1, -0.05) is 226 Å². The van der Waals surface area contributed by atoms with E-state index in [4.69, 9.17) is 14.2 Å². The van der Waals surface area contributed by atoms with Gasteiger partial charge < -0.3 is 14.2 Å². The zero-order valence-electron chi connectivity index (χ0n) is 44.5. The van der Waals surface area contributed by atoms with Crippen molar-refractivity contribution in [3.63, 3.8) is 0 Å². The molecule has 0 saturated heterocycles. The van der Waals surface area contributed by atoms with Crippen LogP contribution >= 0.6 is 0 Å². The first kappa shape index (κ1) is 64.8. The van der Waals surface area contributed by atoms with Crippen molar-refractivity contribution in [2.75, 3.05) is 13.2 Å². The van der Waals surface area contributed by atoms with Crippen molar-refractivity contribution in [2.45, 2.75) is 245 Å². The maximum Gasteiger partial charge on any atom is 0.306 e. The van der Waals surface area contributed by atoms with Gasteiger partial charge in [-0.3, -0.25) is 14.4 Å². The van der Waals surface area contributed by atoms with Gasteiger partial charge in [-0.05, 0) is 116 Å². The van der Waals surface area contributed by atoms with Crippen LogP contribution in [0.1, 0.15) is 239 Å². The molecular formula is C63H102O6. The van der Waals surface area contributed by atoms with E-state index in [1.807, 2.05) is 12.2 Å². The summed E-state index contributed by atoms with van der Waals surface area (Å²) >= 11 is 0. The summed E-state index contributed by atoms with van der Waals surface area (Å²) in [6.07, 6.45) is 77.7. The molecule has 0 heterocycles. The van der Waals surface area contributed by atoms with Crippen LogP contribution < -0.4 is 0 Å². The Morgan fingerprint density at radius 3 is 0.986 bits per heavy atom. The van der Waals surface area contributed by atoms with Crippen LogP contribution in [0.3, 0.4) is 0 Å². The van der Waals surface area contributed by atoms with Gasteiger partial charge in [0.2, 0.25) is 0 Å². The average Bonchev–Trinajstić information content (AvgIpc) is 3.35. The van der Waals surface area contributed by atoms with Crippen LogP contribution in [0.25, 0.3) is 0 Å². The van der Waals surface area contributed by atoms with Gasteiger partial charge >= 0.3 is 17.9 Å². The lowest BCUT2D eigenvalue weighted by molar-refractivity contribution is -0.166. The number of rotatable bonds is 49. The number of esters is 3. The van der Waals surface area contributed by atoms with Gasteiger partial charge in [-0.2, -0.15) is 0 Å². The molecule has 0 aromatic rings. The zero-order valence-corrected chi connectivity index (χ0v) is 44.5. The second kappa shape index (κ2) is 56.4. The normalized spacial score (nSPS) is 13.0. The minimum absolute atomic E-state index is 0.115. The van der Waals surface area contributed by atoms with E-state index in [1.54, 1.807) is 0 Å². The highest BCUT2D eigenvalue weighted by Gasteiger charge is 2.19. The number of carbonyl (C=O) groups is 3. The lowest BCUT2D eigenvalue weighted by Gasteiger charge is -2.18. The Labute approximate surface area is 424 Å². The first-order valence-corrected chi connectivity index (χ1v) is 28.0.